The van der Waals surface area contributed by atoms with Crippen molar-refractivity contribution in [3.8, 4) is 0 Å². The molecule has 31 heavy (non-hydrogen) atoms. The van der Waals surface area contributed by atoms with Crippen LogP contribution in [0, 0.1) is 5.92 Å². The molecular weight excluding hydrogens is 529 g/mol. The SMILES string of the molecule is CN=C(NCc1ccccc1S(=O)(=O)NC(C)(C)C)N1CCC(CC(=O)NC)CC1.I. The highest BCUT2D eigenvalue weighted by atomic mass is 127. The number of benzene rings is 1. The van der Waals surface area contributed by atoms with Crippen molar-refractivity contribution in [2.45, 2.75) is 57.0 Å². The second-order valence-electron chi connectivity index (χ2n) is 8.67. The fraction of sp³-hybridized carbons (Fsp3) is 0.619. The molecule has 1 heterocycles. The van der Waals surface area contributed by atoms with Gasteiger partial charge < -0.3 is 15.5 Å². The van der Waals surface area contributed by atoms with E-state index in [1.165, 1.54) is 0 Å². The summed E-state index contributed by atoms with van der Waals surface area (Å²) in [5, 5.41) is 5.99. The Labute approximate surface area is 203 Å². The maximum atomic E-state index is 12.8. The Morgan fingerprint density at radius 3 is 2.35 bits per heavy atom. The summed E-state index contributed by atoms with van der Waals surface area (Å²) in [5.74, 6) is 1.20. The minimum Gasteiger partial charge on any atom is -0.359 e. The summed E-state index contributed by atoms with van der Waals surface area (Å²) in [7, 11) is -0.241. The van der Waals surface area contributed by atoms with Crippen molar-refractivity contribution in [1.29, 1.82) is 0 Å². The van der Waals surface area contributed by atoms with Crippen LogP contribution in [0.2, 0.25) is 0 Å². The highest BCUT2D eigenvalue weighted by Crippen LogP contribution is 2.21. The lowest BCUT2D eigenvalue weighted by atomic mass is 9.93. The summed E-state index contributed by atoms with van der Waals surface area (Å²) in [6, 6.07) is 7.00. The Hall–Kier alpha value is -1.40. The highest BCUT2D eigenvalue weighted by Gasteiger charge is 2.25. The van der Waals surface area contributed by atoms with E-state index in [2.05, 4.69) is 25.2 Å². The number of nitrogens with zero attached hydrogens (tertiary/aromatic N) is 2. The minimum atomic E-state index is -3.63. The van der Waals surface area contributed by atoms with Gasteiger partial charge in [-0.1, -0.05) is 18.2 Å². The Bertz CT molecular complexity index is 860. The number of nitrogens with one attached hydrogen (secondary N) is 3. The van der Waals surface area contributed by atoms with Crippen molar-refractivity contribution < 1.29 is 13.2 Å². The van der Waals surface area contributed by atoms with Crippen molar-refractivity contribution in [3.05, 3.63) is 29.8 Å². The van der Waals surface area contributed by atoms with Gasteiger partial charge in [0.15, 0.2) is 5.96 Å². The van der Waals surface area contributed by atoms with Crippen molar-refractivity contribution in [2.75, 3.05) is 27.2 Å². The number of piperidine rings is 1. The fourth-order valence-electron chi connectivity index (χ4n) is 3.59. The number of sulfonamides is 1. The van der Waals surface area contributed by atoms with Gasteiger partial charge in [0, 0.05) is 45.7 Å². The molecule has 0 aromatic heterocycles. The molecule has 0 saturated carbocycles. The second-order valence-corrected chi connectivity index (χ2v) is 10.3. The van der Waals surface area contributed by atoms with Crippen LogP contribution < -0.4 is 15.4 Å². The first-order valence-electron chi connectivity index (χ1n) is 10.3. The maximum Gasteiger partial charge on any atom is 0.241 e. The molecule has 0 radical (unpaired) electrons. The fourth-order valence-corrected chi connectivity index (χ4v) is 5.25. The Kier molecular flexibility index (Phi) is 10.7. The summed E-state index contributed by atoms with van der Waals surface area (Å²) in [6.45, 7) is 7.44. The molecule has 0 aliphatic carbocycles. The average Bonchev–Trinajstić information content (AvgIpc) is 2.68. The summed E-state index contributed by atoms with van der Waals surface area (Å²) >= 11 is 0. The van der Waals surface area contributed by atoms with E-state index in [9.17, 15) is 13.2 Å². The molecule has 1 aliphatic rings. The molecule has 176 valence electrons. The number of carbonyl (C=O) groups is 1. The molecule has 0 atom stereocenters. The molecule has 0 unspecified atom stereocenters. The van der Waals surface area contributed by atoms with Crippen LogP contribution in [0.15, 0.2) is 34.2 Å². The number of guanidine groups is 1. The first-order valence-corrected chi connectivity index (χ1v) is 11.8. The van der Waals surface area contributed by atoms with Gasteiger partial charge in [0.2, 0.25) is 15.9 Å². The third kappa shape index (κ3) is 8.57. The van der Waals surface area contributed by atoms with Gasteiger partial charge in [0.1, 0.15) is 0 Å². The molecule has 1 fully saturated rings. The third-order valence-corrected chi connectivity index (χ3v) is 6.88. The van der Waals surface area contributed by atoms with Gasteiger partial charge in [-0.25, -0.2) is 13.1 Å². The highest BCUT2D eigenvalue weighted by molar-refractivity contribution is 14.0. The van der Waals surface area contributed by atoms with Crippen LogP contribution in [0.4, 0.5) is 0 Å². The molecular formula is C21H36IN5O3S. The molecule has 3 N–H and O–H groups in total. The standard InChI is InChI=1S/C21H35N5O3S.HI/c1-21(2,3)25-30(28,29)18-9-7-6-8-17(18)15-24-20(23-5)26-12-10-16(11-13-26)14-19(27)22-4;/h6-9,16,25H,10-15H2,1-5H3,(H,22,27)(H,23,24);1H. The molecule has 1 amide bonds. The molecule has 2 rings (SSSR count). The predicted octanol–water partition coefficient (Wildman–Crippen LogP) is 2.30. The summed E-state index contributed by atoms with van der Waals surface area (Å²) in [6.07, 6.45) is 2.41. The van der Waals surface area contributed by atoms with Crippen LogP contribution in [0.1, 0.15) is 45.6 Å². The van der Waals surface area contributed by atoms with E-state index in [1.54, 1.807) is 26.2 Å². The van der Waals surface area contributed by atoms with Gasteiger partial charge >= 0.3 is 0 Å². The lowest BCUT2D eigenvalue weighted by Gasteiger charge is -2.34. The molecule has 1 saturated heterocycles. The van der Waals surface area contributed by atoms with Gasteiger partial charge in [-0.15, -0.1) is 24.0 Å². The number of rotatable bonds is 6. The van der Waals surface area contributed by atoms with E-state index in [-0.39, 0.29) is 34.8 Å². The molecule has 1 aromatic rings. The predicted molar refractivity (Wildman–Crippen MR) is 135 cm³/mol. The zero-order valence-corrected chi connectivity index (χ0v) is 22.2. The van der Waals surface area contributed by atoms with Crippen LogP contribution in [0.25, 0.3) is 0 Å². The first-order chi connectivity index (χ1) is 14.1. The monoisotopic (exact) mass is 565 g/mol. The van der Waals surface area contributed by atoms with Crippen LogP contribution in [-0.2, 0) is 21.4 Å². The number of halogens is 1. The van der Waals surface area contributed by atoms with Crippen molar-refractivity contribution in [2.24, 2.45) is 10.9 Å². The van der Waals surface area contributed by atoms with Crippen LogP contribution in [-0.4, -0.2) is 57.9 Å². The van der Waals surface area contributed by atoms with E-state index in [0.717, 1.165) is 31.9 Å². The normalized spacial score (nSPS) is 15.9. The van der Waals surface area contributed by atoms with Gasteiger partial charge in [-0.3, -0.25) is 9.79 Å². The molecule has 8 nitrogen and oxygen atoms in total. The van der Waals surface area contributed by atoms with E-state index in [0.29, 0.717) is 24.4 Å². The number of hydrogen-bond acceptors (Lipinski definition) is 4. The minimum absolute atomic E-state index is 0. The van der Waals surface area contributed by atoms with Gasteiger partial charge in [0.25, 0.3) is 0 Å². The van der Waals surface area contributed by atoms with E-state index < -0.39 is 15.6 Å². The smallest absolute Gasteiger partial charge is 0.241 e. The van der Waals surface area contributed by atoms with E-state index in [4.69, 9.17) is 0 Å². The zero-order chi connectivity index (χ0) is 22.4. The summed E-state index contributed by atoms with van der Waals surface area (Å²) in [4.78, 5) is 18.4. The maximum absolute atomic E-state index is 12.8. The zero-order valence-electron chi connectivity index (χ0n) is 19.1. The lowest BCUT2D eigenvalue weighted by Crippen LogP contribution is -2.46. The number of likely N-dealkylation sites (tertiary alicyclic amines) is 1. The average molecular weight is 566 g/mol. The van der Waals surface area contributed by atoms with Crippen molar-refractivity contribution >= 4 is 45.9 Å². The van der Waals surface area contributed by atoms with Crippen LogP contribution in [0.3, 0.4) is 0 Å². The molecule has 1 aliphatic heterocycles. The van der Waals surface area contributed by atoms with Gasteiger partial charge in [0.05, 0.1) is 4.90 Å². The summed E-state index contributed by atoms with van der Waals surface area (Å²) < 4.78 is 28.4. The van der Waals surface area contributed by atoms with Crippen molar-refractivity contribution in [3.63, 3.8) is 0 Å². The number of hydrogen-bond donors (Lipinski definition) is 3. The van der Waals surface area contributed by atoms with Crippen molar-refractivity contribution in [1.82, 2.24) is 20.3 Å². The van der Waals surface area contributed by atoms with Gasteiger partial charge in [-0.05, 0) is 51.2 Å². The Balaban J connectivity index is 0.00000480. The Morgan fingerprint density at radius 2 is 1.81 bits per heavy atom. The Morgan fingerprint density at radius 1 is 1.19 bits per heavy atom. The van der Waals surface area contributed by atoms with Gasteiger partial charge in [-0.2, -0.15) is 0 Å². The first kappa shape index (κ1) is 27.6. The summed E-state index contributed by atoms with van der Waals surface area (Å²) in [5.41, 5.74) is 0.124. The quantitative estimate of drug-likeness (QED) is 0.279. The van der Waals surface area contributed by atoms with E-state index in [1.807, 2.05) is 32.9 Å². The number of carbonyl (C=O) groups excluding carboxylic acids is 1. The molecule has 10 heteroatoms. The molecule has 1 aromatic carbocycles. The van der Waals surface area contributed by atoms with E-state index >= 15 is 0 Å². The topological polar surface area (TPSA) is 103 Å². The third-order valence-electron chi connectivity index (χ3n) is 5.02. The van der Waals surface area contributed by atoms with Crippen LogP contribution >= 0.6 is 24.0 Å². The number of aliphatic imine (C=N–C) groups is 1. The number of amides is 1. The molecule has 0 bridgehead atoms. The largest absolute Gasteiger partial charge is 0.359 e. The van der Waals surface area contributed by atoms with Crippen LogP contribution in [0.5, 0.6) is 0 Å². The molecule has 0 spiro atoms. The lowest BCUT2D eigenvalue weighted by molar-refractivity contribution is -0.121. The second kappa shape index (κ2) is 12.0.